The van der Waals surface area contributed by atoms with Crippen LogP contribution in [0, 0.1) is 6.92 Å². The van der Waals surface area contributed by atoms with E-state index in [1.807, 2.05) is 24.8 Å². The van der Waals surface area contributed by atoms with E-state index in [2.05, 4.69) is 0 Å². The molecule has 2 atom stereocenters. The molecule has 0 saturated carbocycles. The summed E-state index contributed by atoms with van der Waals surface area (Å²) in [5.41, 5.74) is 1.04. The minimum absolute atomic E-state index is 0.0362. The lowest BCUT2D eigenvalue weighted by Crippen LogP contribution is -2.37. The third kappa shape index (κ3) is 3.00. The van der Waals surface area contributed by atoms with Crippen molar-refractivity contribution in [3.63, 3.8) is 0 Å². The van der Waals surface area contributed by atoms with Crippen LogP contribution < -0.4 is 0 Å². The number of carbonyl (C=O) groups excluding carboxylic acids is 1. The molecule has 2 rings (SSSR count). The van der Waals surface area contributed by atoms with E-state index >= 15 is 0 Å². The van der Waals surface area contributed by atoms with Gasteiger partial charge in [-0.1, -0.05) is 6.92 Å². The number of hydrogen-bond acceptors (Lipinski definition) is 3. The Morgan fingerprint density at radius 1 is 1.63 bits per heavy atom. The molecule has 2 unspecified atom stereocenters. The predicted octanol–water partition coefficient (Wildman–Crippen LogP) is 2.53. The Balaban J connectivity index is 2.13. The van der Waals surface area contributed by atoms with E-state index in [0.717, 1.165) is 37.1 Å². The number of hydrogen-bond donors (Lipinski definition) is 1. The van der Waals surface area contributed by atoms with E-state index in [-0.39, 0.29) is 18.1 Å². The maximum Gasteiger partial charge on any atom is 0.289 e. The Kier molecular flexibility index (Phi) is 4.30. The molecule has 2 heterocycles. The Morgan fingerprint density at radius 2 is 2.37 bits per heavy atom. The first-order valence-electron chi connectivity index (χ1n) is 7.11. The number of carbonyl (C=O) groups is 1. The van der Waals surface area contributed by atoms with Gasteiger partial charge in [-0.05, 0) is 44.7 Å². The highest BCUT2D eigenvalue weighted by molar-refractivity contribution is 5.92. The van der Waals surface area contributed by atoms with Gasteiger partial charge < -0.3 is 14.4 Å². The minimum Gasteiger partial charge on any atom is -0.456 e. The molecule has 0 bridgehead atoms. The largest absolute Gasteiger partial charge is 0.456 e. The normalized spacial score (nSPS) is 20.8. The third-order valence-electron chi connectivity index (χ3n) is 3.80. The highest BCUT2D eigenvalue weighted by atomic mass is 16.4. The topological polar surface area (TPSA) is 53.7 Å². The van der Waals surface area contributed by atoms with Crippen LogP contribution in [0.4, 0.5) is 0 Å². The van der Waals surface area contributed by atoms with Crippen molar-refractivity contribution in [1.82, 2.24) is 4.90 Å². The smallest absolute Gasteiger partial charge is 0.289 e. The highest BCUT2D eigenvalue weighted by Gasteiger charge is 2.31. The molecule has 1 fully saturated rings. The van der Waals surface area contributed by atoms with Crippen LogP contribution in [-0.4, -0.2) is 34.6 Å². The highest BCUT2D eigenvalue weighted by Crippen LogP contribution is 2.25. The quantitative estimate of drug-likeness (QED) is 0.910. The minimum atomic E-state index is -0.372. The summed E-state index contributed by atoms with van der Waals surface area (Å²) in [6.45, 7) is 6.52. The van der Waals surface area contributed by atoms with Gasteiger partial charge in [0.2, 0.25) is 0 Å². The SMILES string of the molecule is CCc1oc(C(=O)N2CCCC2CC(C)O)cc1C. The molecule has 1 saturated heterocycles. The van der Waals surface area contributed by atoms with Crippen LogP contribution >= 0.6 is 0 Å². The van der Waals surface area contributed by atoms with E-state index in [1.165, 1.54) is 0 Å². The van der Waals surface area contributed by atoms with Crippen LogP contribution in [0.15, 0.2) is 10.5 Å². The molecule has 1 N–H and O–H groups in total. The van der Waals surface area contributed by atoms with Crippen molar-refractivity contribution in [2.75, 3.05) is 6.54 Å². The number of aryl methyl sites for hydroxylation is 2. The molecule has 4 heteroatoms. The van der Waals surface area contributed by atoms with Crippen LogP contribution in [0.2, 0.25) is 0 Å². The maximum absolute atomic E-state index is 12.5. The molecule has 106 valence electrons. The lowest BCUT2D eigenvalue weighted by atomic mass is 10.1. The van der Waals surface area contributed by atoms with Gasteiger partial charge >= 0.3 is 0 Å². The van der Waals surface area contributed by atoms with E-state index < -0.39 is 0 Å². The van der Waals surface area contributed by atoms with Crippen molar-refractivity contribution < 1.29 is 14.3 Å². The number of nitrogens with zero attached hydrogens (tertiary/aromatic N) is 1. The van der Waals surface area contributed by atoms with Crippen molar-refractivity contribution in [1.29, 1.82) is 0 Å². The number of aliphatic hydroxyl groups is 1. The molecule has 4 nitrogen and oxygen atoms in total. The van der Waals surface area contributed by atoms with Crippen molar-refractivity contribution in [2.24, 2.45) is 0 Å². The number of furan rings is 1. The van der Waals surface area contributed by atoms with Gasteiger partial charge in [0.05, 0.1) is 6.10 Å². The summed E-state index contributed by atoms with van der Waals surface area (Å²) in [6.07, 6.45) is 3.05. The third-order valence-corrected chi connectivity index (χ3v) is 3.80. The average molecular weight is 265 g/mol. The van der Waals surface area contributed by atoms with Crippen LogP contribution in [-0.2, 0) is 6.42 Å². The molecule has 1 aromatic rings. The first-order chi connectivity index (χ1) is 9.02. The summed E-state index contributed by atoms with van der Waals surface area (Å²) in [6, 6.07) is 1.97. The fraction of sp³-hybridized carbons (Fsp3) is 0.667. The van der Waals surface area contributed by atoms with Gasteiger partial charge in [-0.3, -0.25) is 4.79 Å². The summed E-state index contributed by atoms with van der Waals surface area (Å²) < 4.78 is 5.64. The van der Waals surface area contributed by atoms with E-state index in [9.17, 15) is 9.90 Å². The Hall–Kier alpha value is -1.29. The molecular weight excluding hydrogens is 242 g/mol. The molecule has 0 spiro atoms. The van der Waals surface area contributed by atoms with E-state index in [1.54, 1.807) is 6.92 Å². The molecule has 19 heavy (non-hydrogen) atoms. The Labute approximate surface area is 114 Å². The van der Waals surface area contributed by atoms with Crippen LogP contribution in [0.5, 0.6) is 0 Å². The number of rotatable bonds is 4. The summed E-state index contributed by atoms with van der Waals surface area (Å²) in [7, 11) is 0. The van der Waals surface area contributed by atoms with Gasteiger partial charge in [-0.2, -0.15) is 0 Å². The second kappa shape index (κ2) is 5.78. The van der Waals surface area contributed by atoms with Crippen LogP contribution in [0.3, 0.4) is 0 Å². The zero-order valence-corrected chi connectivity index (χ0v) is 12.0. The zero-order valence-electron chi connectivity index (χ0n) is 12.0. The molecule has 1 aromatic heterocycles. The van der Waals surface area contributed by atoms with E-state index in [4.69, 9.17) is 4.42 Å². The lowest BCUT2D eigenvalue weighted by molar-refractivity contribution is 0.0649. The fourth-order valence-electron chi connectivity index (χ4n) is 2.86. The first-order valence-corrected chi connectivity index (χ1v) is 7.11. The maximum atomic E-state index is 12.5. The van der Waals surface area contributed by atoms with Crippen molar-refractivity contribution in [3.05, 3.63) is 23.2 Å². The molecule has 1 aliphatic heterocycles. The standard InChI is InChI=1S/C15H23NO3/c1-4-13-10(2)8-14(19-13)15(18)16-7-5-6-12(16)9-11(3)17/h8,11-12,17H,4-7,9H2,1-3H3. The summed E-state index contributed by atoms with van der Waals surface area (Å²) in [4.78, 5) is 14.3. The molecule has 0 radical (unpaired) electrons. The van der Waals surface area contributed by atoms with Crippen molar-refractivity contribution in [3.8, 4) is 0 Å². The lowest BCUT2D eigenvalue weighted by Gasteiger charge is -2.24. The van der Waals surface area contributed by atoms with Gasteiger partial charge in [0.25, 0.3) is 5.91 Å². The predicted molar refractivity (Wildman–Crippen MR) is 73.2 cm³/mol. The summed E-state index contributed by atoms with van der Waals surface area (Å²) >= 11 is 0. The van der Waals surface area contributed by atoms with E-state index in [0.29, 0.717) is 12.2 Å². The molecule has 0 aromatic carbocycles. The Bertz CT molecular complexity index is 450. The van der Waals surface area contributed by atoms with Gasteiger partial charge in [-0.25, -0.2) is 0 Å². The zero-order chi connectivity index (χ0) is 14.0. The second-order valence-corrected chi connectivity index (χ2v) is 5.45. The number of likely N-dealkylation sites (tertiary alicyclic amines) is 1. The second-order valence-electron chi connectivity index (χ2n) is 5.45. The van der Waals surface area contributed by atoms with Crippen molar-refractivity contribution >= 4 is 5.91 Å². The van der Waals surface area contributed by atoms with Gasteiger partial charge in [-0.15, -0.1) is 0 Å². The van der Waals surface area contributed by atoms with Gasteiger partial charge in [0.15, 0.2) is 5.76 Å². The van der Waals surface area contributed by atoms with Gasteiger partial charge in [0.1, 0.15) is 5.76 Å². The summed E-state index contributed by atoms with van der Waals surface area (Å²) in [5, 5.41) is 9.51. The average Bonchev–Trinajstić information content (AvgIpc) is 2.94. The Morgan fingerprint density at radius 3 is 2.95 bits per heavy atom. The molecular formula is C15H23NO3. The molecule has 1 amide bonds. The monoisotopic (exact) mass is 265 g/mol. The number of amides is 1. The first kappa shape index (κ1) is 14.1. The fourth-order valence-corrected chi connectivity index (χ4v) is 2.86. The molecule has 1 aliphatic rings. The van der Waals surface area contributed by atoms with Crippen molar-refractivity contribution in [2.45, 2.75) is 58.6 Å². The number of aliphatic hydroxyl groups excluding tert-OH is 1. The van der Waals surface area contributed by atoms with Crippen LogP contribution in [0.1, 0.15) is 55.0 Å². The molecule has 0 aliphatic carbocycles. The van der Waals surface area contributed by atoms with Gasteiger partial charge in [0, 0.05) is 19.0 Å². The summed E-state index contributed by atoms with van der Waals surface area (Å²) in [5.74, 6) is 1.28. The van der Waals surface area contributed by atoms with Crippen LogP contribution in [0.25, 0.3) is 0 Å².